The van der Waals surface area contributed by atoms with E-state index in [1.165, 1.54) is 0 Å². The summed E-state index contributed by atoms with van der Waals surface area (Å²) in [4.78, 5) is 14.9. The number of nitrogens with one attached hydrogen (secondary N) is 1. The molecule has 102 valence electrons. The highest BCUT2D eigenvalue weighted by Gasteiger charge is 2.18. The van der Waals surface area contributed by atoms with Crippen LogP contribution in [0.2, 0.25) is 0 Å². The summed E-state index contributed by atoms with van der Waals surface area (Å²) in [6.07, 6.45) is 0. The van der Waals surface area contributed by atoms with Crippen molar-refractivity contribution in [3.05, 3.63) is 29.5 Å². The van der Waals surface area contributed by atoms with Crippen LogP contribution in [-0.4, -0.2) is 24.2 Å². The molecule has 2 aromatic rings. The SMILES string of the molecule is CCOC(=O)c1[nH]c2ccc(OCC)cc2c1CN. The average Bonchev–Trinajstić information content (AvgIpc) is 2.77. The highest BCUT2D eigenvalue weighted by Crippen LogP contribution is 2.27. The number of esters is 1. The van der Waals surface area contributed by atoms with Crippen LogP contribution in [0.3, 0.4) is 0 Å². The van der Waals surface area contributed by atoms with Crippen LogP contribution in [0.4, 0.5) is 0 Å². The van der Waals surface area contributed by atoms with Crippen molar-refractivity contribution in [3.63, 3.8) is 0 Å². The molecule has 0 fully saturated rings. The van der Waals surface area contributed by atoms with Gasteiger partial charge in [-0.05, 0) is 32.0 Å². The number of H-pyrrole nitrogens is 1. The van der Waals surface area contributed by atoms with Crippen LogP contribution < -0.4 is 10.5 Å². The number of carbonyl (C=O) groups is 1. The number of ether oxygens (including phenoxy) is 2. The summed E-state index contributed by atoms with van der Waals surface area (Å²) in [7, 11) is 0. The summed E-state index contributed by atoms with van der Waals surface area (Å²) in [5.74, 6) is 0.385. The minimum absolute atomic E-state index is 0.268. The molecule has 0 radical (unpaired) electrons. The molecule has 0 bridgehead atoms. The molecule has 5 nitrogen and oxygen atoms in total. The van der Waals surface area contributed by atoms with Gasteiger partial charge in [-0.25, -0.2) is 4.79 Å². The summed E-state index contributed by atoms with van der Waals surface area (Å²) in [6, 6.07) is 5.63. The summed E-state index contributed by atoms with van der Waals surface area (Å²) >= 11 is 0. The van der Waals surface area contributed by atoms with Crippen LogP contribution in [0, 0.1) is 0 Å². The maximum atomic E-state index is 11.9. The van der Waals surface area contributed by atoms with Gasteiger partial charge in [0.1, 0.15) is 11.4 Å². The van der Waals surface area contributed by atoms with Crippen molar-refractivity contribution in [3.8, 4) is 5.75 Å². The van der Waals surface area contributed by atoms with Crippen molar-refractivity contribution in [2.24, 2.45) is 5.73 Å². The lowest BCUT2D eigenvalue weighted by atomic mass is 10.1. The van der Waals surface area contributed by atoms with E-state index in [2.05, 4.69) is 4.98 Å². The Morgan fingerprint density at radius 3 is 2.74 bits per heavy atom. The molecule has 5 heteroatoms. The standard InChI is InChI=1S/C14H18N2O3/c1-3-18-9-5-6-12-10(7-9)11(8-15)13(16-12)14(17)19-4-2/h5-7,16H,3-4,8,15H2,1-2H3. The number of carbonyl (C=O) groups excluding carboxylic acids is 1. The largest absolute Gasteiger partial charge is 0.494 e. The zero-order chi connectivity index (χ0) is 13.8. The molecule has 1 aromatic heterocycles. The molecule has 1 aromatic carbocycles. The monoisotopic (exact) mass is 262 g/mol. The lowest BCUT2D eigenvalue weighted by Crippen LogP contribution is -2.10. The number of rotatable bonds is 5. The van der Waals surface area contributed by atoms with Crippen molar-refractivity contribution in [2.75, 3.05) is 13.2 Å². The Hall–Kier alpha value is -2.01. The second-order valence-electron chi connectivity index (χ2n) is 4.04. The fourth-order valence-corrected chi connectivity index (χ4v) is 2.07. The average molecular weight is 262 g/mol. The van der Waals surface area contributed by atoms with Gasteiger partial charge in [0, 0.05) is 23.0 Å². The van der Waals surface area contributed by atoms with Gasteiger partial charge in [0.2, 0.25) is 0 Å². The van der Waals surface area contributed by atoms with E-state index < -0.39 is 0 Å². The number of hydrogen-bond acceptors (Lipinski definition) is 4. The number of benzene rings is 1. The predicted octanol–water partition coefficient (Wildman–Crippen LogP) is 2.20. The quantitative estimate of drug-likeness (QED) is 0.810. The molecule has 0 aliphatic rings. The van der Waals surface area contributed by atoms with E-state index in [1.54, 1.807) is 6.92 Å². The first kappa shape index (κ1) is 13.4. The number of hydrogen-bond donors (Lipinski definition) is 2. The van der Waals surface area contributed by atoms with Gasteiger partial charge in [-0.3, -0.25) is 0 Å². The lowest BCUT2D eigenvalue weighted by Gasteiger charge is -2.03. The second kappa shape index (κ2) is 5.75. The molecular formula is C14H18N2O3. The smallest absolute Gasteiger partial charge is 0.355 e. The molecule has 0 amide bonds. The summed E-state index contributed by atoms with van der Waals surface area (Å²) in [6.45, 7) is 4.90. The lowest BCUT2D eigenvalue weighted by molar-refractivity contribution is 0.0519. The van der Waals surface area contributed by atoms with Crippen LogP contribution in [0.5, 0.6) is 5.75 Å². The zero-order valence-corrected chi connectivity index (χ0v) is 11.2. The van der Waals surface area contributed by atoms with Crippen molar-refractivity contribution >= 4 is 16.9 Å². The zero-order valence-electron chi connectivity index (χ0n) is 11.2. The molecule has 0 saturated heterocycles. The van der Waals surface area contributed by atoms with E-state index in [4.69, 9.17) is 15.2 Å². The molecule has 0 spiro atoms. The van der Waals surface area contributed by atoms with E-state index in [0.717, 1.165) is 22.2 Å². The normalized spacial score (nSPS) is 10.7. The van der Waals surface area contributed by atoms with Gasteiger partial charge >= 0.3 is 5.97 Å². The van der Waals surface area contributed by atoms with Gasteiger partial charge < -0.3 is 20.2 Å². The van der Waals surface area contributed by atoms with Crippen LogP contribution in [0.15, 0.2) is 18.2 Å². The molecular weight excluding hydrogens is 244 g/mol. The van der Waals surface area contributed by atoms with E-state index in [0.29, 0.717) is 18.9 Å². The first-order chi connectivity index (χ1) is 9.21. The van der Waals surface area contributed by atoms with E-state index in [9.17, 15) is 4.79 Å². The first-order valence-corrected chi connectivity index (χ1v) is 6.35. The summed E-state index contributed by atoms with van der Waals surface area (Å²) < 4.78 is 10.5. The Morgan fingerprint density at radius 1 is 1.32 bits per heavy atom. The molecule has 1 heterocycles. The third-order valence-corrected chi connectivity index (χ3v) is 2.87. The van der Waals surface area contributed by atoms with E-state index in [-0.39, 0.29) is 12.5 Å². The Kier molecular flexibility index (Phi) is 4.06. The van der Waals surface area contributed by atoms with Gasteiger partial charge in [-0.2, -0.15) is 0 Å². The van der Waals surface area contributed by atoms with Gasteiger partial charge in [0.05, 0.1) is 13.2 Å². The van der Waals surface area contributed by atoms with Crippen LogP contribution >= 0.6 is 0 Å². The predicted molar refractivity (Wildman–Crippen MR) is 73.3 cm³/mol. The van der Waals surface area contributed by atoms with E-state index >= 15 is 0 Å². The third kappa shape index (κ3) is 2.56. The van der Waals surface area contributed by atoms with Crippen molar-refractivity contribution < 1.29 is 14.3 Å². The van der Waals surface area contributed by atoms with Crippen molar-refractivity contribution in [1.29, 1.82) is 0 Å². The molecule has 3 N–H and O–H groups in total. The molecule has 0 saturated carbocycles. The fourth-order valence-electron chi connectivity index (χ4n) is 2.07. The molecule has 0 unspecified atom stereocenters. The molecule has 19 heavy (non-hydrogen) atoms. The summed E-state index contributed by atoms with van der Waals surface area (Å²) in [5.41, 5.74) is 7.79. The van der Waals surface area contributed by atoms with Crippen LogP contribution in [0.1, 0.15) is 29.9 Å². The highest BCUT2D eigenvalue weighted by atomic mass is 16.5. The van der Waals surface area contributed by atoms with Gasteiger partial charge in [0.15, 0.2) is 0 Å². The highest BCUT2D eigenvalue weighted by molar-refractivity contribution is 5.98. The molecule has 2 rings (SSSR count). The fraction of sp³-hybridized carbons (Fsp3) is 0.357. The van der Waals surface area contributed by atoms with E-state index in [1.807, 2.05) is 25.1 Å². The van der Waals surface area contributed by atoms with Crippen LogP contribution in [0.25, 0.3) is 10.9 Å². The molecule has 0 aliphatic carbocycles. The van der Waals surface area contributed by atoms with Gasteiger partial charge in [0.25, 0.3) is 0 Å². The first-order valence-electron chi connectivity index (χ1n) is 6.35. The number of nitrogens with two attached hydrogens (primary N) is 1. The van der Waals surface area contributed by atoms with Gasteiger partial charge in [-0.15, -0.1) is 0 Å². The summed E-state index contributed by atoms with van der Waals surface area (Å²) in [5, 5.41) is 0.900. The third-order valence-electron chi connectivity index (χ3n) is 2.87. The topological polar surface area (TPSA) is 77.3 Å². The Labute approximate surface area is 111 Å². The molecule has 0 atom stereocenters. The van der Waals surface area contributed by atoms with Crippen molar-refractivity contribution in [1.82, 2.24) is 4.98 Å². The van der Waals surface area contributed by atoms with Crippen LogP contribution in [-0.2, 0) is 11.3 Å². The Balaban J connectivity index is 2.51. The van der Waals surface area contributed by atoms with Crippen molar-refractivity contribution in [2.45, 2.75) is 20.4 Å². The number of aromatic nitrogens is 1. The minimum Gasteiger partial charge on any atom is -0.494 e. The maximum absolute atomic E-state index is 11.9. The Morgan fingerprint density at radius 2 is 2.11 bits per heavy atom. The minimum atomic E-state index is -0.378. The maximum Gasteiger partial charge on any atom is 0.355 e. The Bertz CT molecular complexity index is 590. The van der Waals surface area contributed by atoms with Gasteiger partial charge in [-0.1, -0.05) is 0 Å². The second-order valence-corrected chi connectivity index (χ2v) is 4.04. The molecule has 0 aliphatic heterocycles. The number of fused-ring (bicyclic) bond motifs is 1. The number of aromatic amines is 1.